The van der Waals surface area contributed by atoms with E-state index in [9.17, 15) is 4.79 Å². The van der Waals surface area contributed by atoms with Gasteiger partial charge in [-0.15, -0.1) is 0 Å². The van der Waals surface area contributed by atoms with Crippen molar-refractivity contribution in [3.8, 4) is 34.0 Å². The molecular weight excluding hydrogens is 494 g/mol. The molecule has 4 rings (SSSR count). The molecule has 0 radical (unpaired) electrons. The lowest BCUT2D eigenvalue weighted by Crippen LogP contribution is -2.24. The molecule has 0 aliphatic rings. The van der Waals surface area contributed by atoms with Crippen molar-refractivity contribution < 1.29 is 14.3 Å². The molecule has 0 spiro atoms. The summed E-state index contributed by atoms with van der Waals surface area (Å²) in [5.41, 5.74) is 5.86. The van der Waals surface area contributed by atoms with E-state index in [0.29, 0.717) is 12.1 Å². The van der Waals surface area contributed by atoms with Crippen LogP contribution in [0.3, 0.4) is 0 Å². The van der Waals surface area contributed by atoms with Gasteiger partial charge >= 0.3 is 0 Å². The molecule has 1 aromatic heterocycles. The minimum atomic E-state index is -0.0291. The molecule has 0 aliphatic heterocycles. The number of methoxy groups -OCH3 is 2. The number of thioether (sulfide) groups is 1. The highest BCUT2D eigenvalue weighted by Crippen LogP contribution is 2.34. The fourth-order valence-electron chi connectivity index (χ4n) is 4.09. The number of carbonyl (C=O) groups excluding carboxylic acids is 1. The van der Waals surface area contributed by atoms with Crippen molar-refractivity contribution in [3.63, 3.8) is 0 Å². The van der Waals surface area contributed by atoms with Gasteiger partial charge in [0.2, 0.25) is 0 Å². The van der Waals surface area contributed by atoms with Gasteiger partial charge in [-0.2, -0.15) is 0 Å². The molecule has 198 valence electrons. The first-order valence-corrected chi connectivity index (χ1v) is 14.0. The maximum Gasteiger partial charge on any atom is 0.251 e. The van der Waals surface area contributed by atoms with Crippen molar-refractivity contribution in [2.24, 2.45) is 0 Å². The van der Waals surface area contributed by atoms with Gasteiger partial charge in [0.1, 0.15) is 11.5 Å². The lowest BCUT2D eigenvalue weighted by atomic mass is 10.0. The van der Waals surface area contributed by atoms with Crippen LogP contribution in [0.1, 0.15) is 42.1 Å². The summed E-state index contributed by atoms with van der Waals surface area (Å²) in [5, 5.41) is 3.87. The average molecular weight is 530 g/mol. The van der Waals surface area contributed by atoms with Gasteiger partial charge in [-0.3, -0.25) is 4.79 Å². The summed E-state index contributed by atoms with van der Waals surface area (Å²) in [6.07, 6.45) is 4.23. The van der Waals surface area contributed by atoms with E-state index < -0.39 is 0 Å². The summed E-state index contributed by atoms with van der Waals surface area (Å²) in [7, 11) is 3.32. The van der Waals surface area contributed by atoms with Crippen molar-refractivity contribution in [1.29, 1.82) is 0 Å². The van der Waals surface area contributed by atoms with Crippen molar-refractivity contribution in [2.45, 2.75) is 37.8 Å². The van der Waals surface area contributed by atoms with Gasteiger partial charge in [0.05, 0.1) is 25.6 Å². The number of H-pyrrole nitrogens is 1. The van der Waals surface area contributed by atoms with Crippen LogP contribution in [-0.2, 0) is 6.42 Å². The van der Waals surface area contributed by atoms with Crippen LogP contribution >= 0.6 is 11.8 Å². The molecular formula is C31H35N3O3S. The van der Waals surface area contributed by atoms with Crippen molar-refractivity contribution in [1.82, 2.24) is 15.3 Å². The summed E-state index contributed by atoms with van der Waals surface area (Å²) in [5.74, 6) is 2.41. The molecule has 38 heavy (non-hydrogen) atoms. The first-order chi connectivity index (χ1) is 18.6. The summed E-state index contributed by atoms with van der Waals surface area (Å²) in [4.78, 5) is 20.9. The first kappa shape index (κ1) is 27.3. The number of rotatable bonds is 13. The van der Waals surface area contributed by atoms with Crippen LogP contribution in [0, 0.1) is 0 Å². The number of imidazole rings is 1. The SMILES string of the molecule is CCCCc1ccc(C(=O)NCCCSc2nc(-c3ccc(OC)cc3)c(-c3ccc(OC)cc3)[nH]2)cc1. The monoisotopic (exact) mass is 529 g/mol. The van der Waals surface area contributed by atoms with E-state index in [2.05, 4.69) is 29.4 Å². The number of nitrogens with zero attached hydrogens (tertiary/aromatic N) is 1. The molecule has 1 amide bonds. The zero-order valence-corrected chi connectivity index (χ0v) is 23.1. The van der Waals surface area contributed by atoms with E-state index in [0.717, 1.165) is 57.8 Å². The van der Waals surface area contributed by atoms with E-state index in [-0.39, 0.29) is 5.91 Å². The largest absolute Gasteiger partial charge is 0.497 e. The van der Waals surface area contributed by atoms with E-state index >= 15 is 0 Å². The van der Waals surface area contributed by atoms with E-state index in [1.165, 1.54) is 18.4 Å². The number of unbranched alkanes of at least 4 members (excludes halogenated alkanes) is 1. The summed E-state index contributed by atoms with van der Waals surface area (Å²) >= 11 is 1.65. The van der Waals surface area contributed by atoms with Crippen LogP contribution in [0.15, 0.2) is 78.0 Å². The third-order valence-corrected chi connectivity index (χ3v) is 7.26. The van der Waals surface area contributed by atoms with Gasteiger partial charge in [-0.05, 0) is 85.5 Å². The lowest BCUT2D eigenvalue weighted by molar-refractivity contribution is 0.0954. The number of carbonyl (C=O) groups is 1. The van der Waals surface area contributed by atoms with Gasteiger partial charge in [0.25, 0.3) is 5.91 Å². The fraction of sp³-hybridized carbons (Fsp3) is 0.290. The molecule has 0 fully saturated rings. The van der Waals surface area contributed by atoms with Gasteiger partial charge in [-0.25, -0.2) is 4.98 Å². The molecule has 2 N–H and O–H groups in total. The maximum atomic E-state index is 12.5. The normalized spacial score (nSPS) is 10.8. The highest BCUT2D eigenvalue weighted by Gasteiger charge is 2.15. The Morgan fingerprint density at radius 3 is 2.11 bits per heavy atom. The zero-order valence-electron chi connectivity index (χ0n) is 22.3. The fourth-order valence-corrected chi connectivity index (χ4v) is 4.91. The Balaban J connectivity index is 1.36. The number of aromatic nitrogens is 2. The number of ether oxygens (including phenoxy) is 2. The number of aromatic amines is 1. The summed E-state index contributed by atoms with van der Waals surface area (Å²) in [6.45, 7) is 2.80. The molecule has 1 heterocycles. The predicted octanol–water partition coefficient (Wildman–Crippen LogP) is 7.02. The first-order valence-electron chi connectivity index (χ1n) is 13.0. The molecule has 0 bridgehead atoms. The topological polar surface area (TPSA) is 76.2 Å². The Hall–Kier alpha value is -3.71. The number of amides is 1. The second-order valence-electron chi connectivity index (χ2n) is 8.98. The van der Waals surface area contributed by atoms with Crippen LogP contribution in [0.4, 0.5) is 0 Å². The third kappa shape index (κ3) is 7.19. The van der Waals surface area contributed by atoms with Crippen LogP contribution in [-0.4, -0.2) is 42.4 Å². The van der Waals surface area contributed by atoms with Crippen LogP contribution in [0.5, 0.6) is 11.5 Å². The van der Waals surface area contributed by atoms with Gasteiger partial charge in [0.15, 0.2) is 5.16 Å². The Labute approximate surface area is 229 Å². The molecule has 0 saturated carbocycles. The molecule has 4 aromatic rings. The van der Waals surface area contributed by atoms with Crippen molar-refractivity contribution in [3.05, 3.63) is 83.9 Å². The summed E-state index contributed by atoms with van der Waals surface area (Å²) in [6, 6.07) is 23.8. The quantitative estimate of drug-likeness (QED) is 0.144. The van der Waals surface area contributed by atoms with Crippen LogP contribution in [0.2, 0.25) is 0 Å². The maximum absolute atomic E-state index is 12.5. The summed E-state index contributed by atoms with van der Waals surface area (Å²) < 4.78 is 10.6. The van der Waals surface area contributed by atoms with E-state index in [1.807, 2.05) is 60.7 Å². The van der Waals surface area contributed by atoms with Crippen molar-refractivity contribution in [2.75, 3.05) is 26.5 Å². The molecule has 7 heteroatoms. The smallest absolute Gasteiger partial charge is 0.251 e. The van der Waals surface area contributed by atoms with E-state index in [1.54, 1.807) is 26.0 Å². The van der Waals surface area contributed by atoms with Crippen LogP contribution < -0.4 is 14.8 Å². The Morgan fingerprint density at radius 2 is 1.50 bits per heavy atom. The highest BCUT2D eigenvalue weighted by atomic mass is 32.2. The van der Waals surface area contributed by atoms with E-state index in [4.69, 9.17) is 14.5 Å². The molecule has 6 nitrogen and oxygen atoms in total. The second-order valence-corrected chi connectivity index (χ2v) is 10.1. The number of hydrogen-bond acceptors (Lipinski definition) is 5. The number of hydrogen-bond donors (Lipinski definition) is 2. The molecule has 0 saturated heterocycles. The van der Waals surface area contributed by atoms with Gasteiger partial charge < -0.3 is 19.8 Å². The Kier molecular flexibility index (Phi) is 9.87. The standard InChI is InChI=1S/C31H35N3O3S/c1-4-5-7-22-8-10-25(11-9-22)30(35)32-20-6-21-38-31-33-28(23-12-16-26(36-2)17-13-23)29(34-31)24-14-18-27(37-3)19-15-24/h8-19H,4-7,20-21H2,1-3H3,(H,32,35)(H,33,34). The Bertz CT molecular complexity index is 1230. The van der Waals surface area contributed by atoms with Crippen molar-refractivity contribution >= 4 is 17.7 Å². The highest BCUT2D eigenvalue weighted by molar-refractivity contribution is 7.99. The molecule has 0 aliphatic carbocycles. The average Bonchev–Trinajstić information content (AvgIpc) is 3.40. The number of nitrogens with one attached hydrogen (secondary N) is 2. The molecule has 0 unspecified atom stereocenters. The molecule has 3 aromatic carbocycles. The predicted molar refractivity (Wildman–Crippen MR) is 155 cm³/mol. The third-order valence-electron chi connectivity index (χ3n) is 6.30. The lowest BCUT2D eigenvalue weighted by Gasteiger charge is -2.06. The minimum Gasteiger partial charge on any atom is -0.497 e. The van der Waals surface area contributed by atoms with Crippen LogP contribution in [0.25, 0.3) is 22.5 Å². The zero-order chi connectivity index (χ0) is 26.7. The second kappa shape index (κ2) is 13.7. The number of benzene rings is 3. The number of aryl methyl sites for hydroxylation is 1. The van der Waals surface area contributed by atoms with Gasteiger partial charge in [0, 0.05) is 29.0 Å². The minimum absolute atomic E-state index is 0.0291. The Morgan fingerprint density at radius 1 is 0.868 bits per heavy atom. The van der Waals surface area contributed by atoms with Gasteiger partial charge in [-0.1, -0.05) is 37.2 Å². The molecule has 0 atom stereocenters.